The lowest BCUT2D eigenvalue weighted by Gasteiger charge is -2.08. The predicted molar refractivity (Wildman–Crippen MR) is 77.6 cm³/mol. The van der Waals surface area contributed by atoms with E-state index in [1.54, 1.807) is 0 Å². The first-order chi connectivity index (χ1) is 10.0. The highest BCUT2D eigenvalue weighted by molar-refractivity contribution is 7.92. The minimum atomic E-state index is -3.86. The zero-order valence-corrected chi connectivity index (χ0v) is 11.7. The number of rotatable bonds is 3. The van der Waals surface area contributed by atoms with Crippen molar-refractivity contribution in [3.63, 3.8) is 0 Å². The van der Waals surface area contributed by atoms with Crippen LogP contribution in [0.5, 0.6) is 0 Å². The summed E-state index contributed by atoms with van der Waals surface area (Å²) in [5.41, 5.74) is 0.468. The highest BCUT2D eigenvalue weighted by Gasteiger charge is 2.15. The van der Waals surface area contributed by atoms with Gasteiger partial charge in [0.1, 0.15) is 12.4 Å². The van der Waals surface area contributed by atoms with Crippen molar-refractivity contribution < 1.29 is 17.9 Å². The molecular weight excluding hydrogens is 293 g/mol. The van der Waals surface area contributed by atoms with E-state index in [0.717, 1.165) is 0 Å². The summed E-state index contributed by atoms with van der Waals surface area (Å²) >= 11 is 0. The lowest BCUT2D eigenvalue weighted by Crippen LogP contribution is -2.13. The van der Waals surface area contributed by atoms with Gasteiger partial charge in [0.25, 0.3) is 10.0 Å². The van der Waals surface area contributed by atoms with Crippen LogP contribution in [0.3, 0.4) is 0 Å². The van der Waals surface area contributed by atoms with Crippen LogP contribution in [0.4, 0.5) is 10.1 Å². The fourth-order valence-electron chi connectivity index (χ4n) is 1.61. The Balaban J connectivity index is 2.26. The number of para-hydroxylation sites is 1. The monoisotopic (exact) mass is 305 g/mol. The van der Waals surface area contributed by atoms with E-state index in [1.165, 1.54) is 48.5 Å². The maximum Gasteiger partial charge on any atom is 0.261 e. The molecular formula is C15H12FNO3S. The molecule has 0 aliphatic rings. The molecule has 2 aromatic rings. The number of aliphatic hydroxyl groups is 1. The number of anilines is 1. The summed E-state index contributed by atoms with van der Waals surface area (Å²) in [5.74, 6) is 4.47. The molecule has 2 rings (SSSR count). The third-order valence-electron chi connectivity index (χ3n) is 2.59. The summed E-state index contributed by atoms with van der Waals surface area (Å²) in [6.45, 7) is -0.269. The van der Waals surface area contributed by atoms with Gasteiger partial charge in [0, 0.05) is 5.56 Å². The second kappa shape index (κ2) is 6.39. The summed E-state index contributed by atoms with van der Waals surface area (Å²) in [7, 11) is -3.86. The third-order valence-corrected chi connectivity index (χ3v) is 3.98. The zero-order valence-electron chi connectivity index (χ0n) is 10.9. The molecule has 0 fully saturated rings. The Morgan fingerprint density at radius 2 is 1.76 bits per heavy atom. The number of sulfonamides is 1. The van der Waals surface area contributed by atoms with Crippen LogP contribution in [0.1, 0.15) is 5.56 Å². The van der Waals surface area contributed by atoms with Crippen molar-refractivity contribution in [1.82, 2.24) is 0 Å². The molecule has 6 heteroatoms. The topological polar surface area (TPSA) is 66.4 Å². The van der Waals surface area contributed by atoms with Gasteiger partial charge in [-0.25, -0.2) is 12.8 Å². The zero-order chi connectivity index (χ0) is 15.3. The number of aliphatic hydroxyl groups excluding tert-OH is 1. The average molecular weight is 305 g/mol. The highest BCUT2D eigenvalue weighted by Crippen LogP contribution is 2.18. The fourth-order valence-corrected chi connectivity index (χ4v) is 2.67. The third kappa shape index (κ3) is 3.81. The fraction of sp³-hybridized carbons (Fsp3) is 0.0667. The molecule has 0 spiro atoms. The first-order valence-corrected chi connectivity index (χ1v) is 7.48. The molecule has 0 bridgehead atoms. The normalized spacial score (nSPS) is 10.6. The molecule has 0 heterocycles. The van der Waals surface area contributed by atoms with Crippen molar-refractivity contribution in [2.45, 2.75) is 4.90 Å². The predicted octanol–water partition coefficient (Wildman–Crippen LogP) is 1.97. The van der Waals surface area contributed by atoms with E-state index in [-0.39, 0.29) is 17.2 Å². The van der Waals surface area contributed by atoms with Gasteiger partial charge in [0.2, 0.25) is 0 Å². The molecule has 0 saturated heterocycles. The van der Waals surface area contributed by atoms with Crippen LogP contribution < -0.4 is 4.72 Å². The van der Waals surface area contributed by atoms with Crippen LogP contribution >= 0.6 is 0 Å². The molecule has 0 aliphatic heterocycles. The maximum atomic E-state index is 13.5. The summed E-state index contributed by atoms with van der Waals surface area (Å²) < 4.78 is 39.9. The van der Waals surface area contributed by atoms with Gasteiger partial charge in [-0.3, -0.25) is 4.72 Å². The second-order valence-corrected chi connectivity index (χ2v) is 5.75. The summed E-state index contributed by atoms with van der Waals surface area (Å²) in [6, 6.07) is 11.3. The van der Waals surface area contributed by atoms with E-state index in [1.807, 2.05) is 0 Å². The van der Waals surface area contributed by atoms with Gasteiger partial charge in [0.05, 0.1) is 10.6 Å². The first kappa shape index (κ1) is 15.0. The maximum absolute atomic E-state index is 13.5. The van der Waals surface area contributed by atoms with Crippen molar-refractivity contribution >= 4 is 15.7 Å². The van der Waals surface area contributed by atoms with E-state index < -0.39 is 15.8 Å². The van der Waals surface area contributed by atoms with Crippen molar-refractivity contribution in [3.05, 3.63) is 59.9 Å². The summed E-state index contributed by atoms with van der Waals surface area (Å²) in [6.07, 6.45) is 0. The Morgan fingerprint density at radius 3 is 2.38 bits per heavy atom. The van der Waals surface area contributed by atoms with Gasteiger partial charge in [0.15, 0.2) is 0 Å². The first-order valence-electron chi connectivity index (χ1n) is 6.00. The van der Waals surface area contributed by atoms with E-state index in [0.29, 0.717) is 5.56 Å². The Labute approximate surface area is 122 Å². The number of benzene rings is 2. The van der Waals surface area contributed by atoms with Crippen LogP contribution in [0.2, 0.25) is 0 Å². The number of halogens is 1. The van der Waals surface area contributed by atoms with E-state index >= 15 is 0 Å². The Kier molecular flexibility index (Phi) is 4.58. The van der Waals surface area contributed by atoms with Gasteiger partial charge in [-0.05, 0) is 36.4 Å². The average Bonchev–Trinajstić information content (AvgIpc) is 2.48. The van der Waals surface area contributed by atoms with Crippen molar-refractivity contribution in [3.8, 4) is 11.8 Å². The van der Waals surface area contributed by atoms with Crippen molar-refractivity contribution in [1.29, 1.82) is 0 Å². The van der Waals surface area contributed by atoms with Crippen molar-refractivity contribution in [2.75, 3.05) is 11.3 Å². The second-order valence-electron chi connectivity index (χ2n) is 4.07. The highest BCUT2D eigenvalue weighted by atomic mass is 32.2. The van der Waals surface area contributed by atoms with E-state index in [4.69, 9.17) is 5.11 Å². The number of nitrogens with one attached hydrogen (secondary N) is 1. The quantitative estimate of drug-likeness (QED) is 0.852. The molecule has 2 N–H and O–H groups in total. The standard InChI is InChI=1S/C15H12FNO3S/c16-14-5-1-2-6-15(14)17-21(19,20)13-9-7-12(8-10-13)4-3-11-18/h1-2,5-10,17-18H,11H2. The Morgan fingerprint density at radius 1 is 1.10 bits per heavy atom. The van der Waals surface area contributed by atoms with E-state index in [2.05, 4.69) is 16.6 Å². The Hall–Kier alpha value is -2.36. The molecule has 0 radical (unpaired) electrons. The lowest BCUT2D eigenvalue weighted by molar-refractivity contribution is 0.350. The molecule has 0 amide bonds. The largest absolute Gasteiger partial charge is 0.384 e. The summed E-state index contributed by atoms with van der Waals surface area (Å²) in [4.78, 5) is 0.000279. The SMILES string of the molecule is O=S(=O)(Nc1ccccc1F)c1ccc(C#CCO)cc1. The minimum Gasteiger partial charge on any atom is -0.384 e. The lowest BCUT2D eigenvalue weighted by atomic mass is 10.2. The molecule has 2 aromatic carbocycles. The van der Waals surface area contributed by atoms with Gasteiger partial charge in [-0.2, -0.15) is 0 Å². The molecule has 21 heavy (non-hydrogen) atoms. The van der Waals surface area contributed by atoms with Crippen LogP contribution in [0, 0.1) is 17.7 Å². The number of hydrogen-bond donors (Lipinski definition) is 2. The van der Waals surface area contributed by atoms with Gasteiger partial charge in [-0.1, -0.05) is 24.0 Å². The molecule has 0 atom stereocenters. The minimum absolute atomic E-state index is 0.000279. The van der Waals surface area contributed by atoms with Gasteiger partial charge < -0.3 is 5.11 Å². The van der Waals surface area contributed by atoms with E-state index in [9.17, 15) is 12.8 Å². The molecule has 0 saturated carbocycles. The van der Waals surface area contributed by atoms with Gasteiger partial charge >= 0.3 is 0 Å². The molecule has 0 aliphatic carbocycles. The smallest absolute Gasteiger partial charge is 0.261 e. The molecule has 108 valence electrons. The number of hydrogen-bond acceptors (Lipinski definition) is 3. The summed E-state index contributed by atoms with van der Waals surface area (Å²) in [5, 5.41) is 8.59. The Bertz CT molecular complexity index is 790. The van der Waals surface area contributed by atoms with Crippen molar-refractivity contribution in [2.24, 2.45) is 0 Å². The van der Waals surface area contributed by atoms with Gasteiger partial charge in [-0.15, -0.1) is 0 Å². The molecule has 0 aromatic heterocycles. The molecule has 0 unspecified atom stereocenters. The van der Waals surface area contributed by atoms with Crippen LogP contribution in [0.25, 0.3) is 0 Å². The van der Waals surface area contributed by atoms with Crippen LogP contribution in [-0.2, 0) is 10.0 Å². The molecule has 4 nitrogen and oxygen atoms in total. The van der Waals surface area contributed by atoms with Crippen LogP contribution in [-0.4, -0.2) is 20.1 Å². The van der Waals surface area contributed by atoms with Crippen LogP contribution in [0.15, 0.2) is 53.4 Å².